The molecule has 0 radical (unpaired) electrons. The highest BCUT2D eigenvalue weighted by Gasteiger charge is 2.35. The number of aryl methyl sites for hydroxylation is 1. The van der Waals surface area contributed by atoms with E-state index in [9.17, 15) is 9.59 Å². The van der Waals surface area contributed by atoms with Gasteiger partial charge in [0.25, 0.3) is 0 Å². The molecular formula is C25H32N2O2. The molecule has 154 valence electrons. The van der Waals surface area contributed by atoms with E-state index in [0.29, 0.717) is 12.5 Å². The quantitative estimate of drug-likeness (QED) is 0.756. The van der Waals surface area contributed by atoms with Gasteiger partial charge in [0, 0.05) is 24.3 Å². The van der Waals surface area contributed by atoms with Crippen LogP contribution >= 0.6 is 0 Å². The smallest absolute Gasteiger partial charge is 0.229 e. The molecule has 1 saturated heterocycles. The summed E-state index contributed by atoms with van der Waals surface area (Å²) in [5.41, 5.74) is 5.20. The van der Waals surface area contributed by atoms with Crippen LogP contribution in [0.25, 0.3) is 0 Å². The lowest BCUT2D eigenvalue weighted by molar-refractivity contribution is -0.122. The van der Waals surface area contributed by atoms with Crippen LogP contribution in [0.3, 0.4) is 0 Å². The number of hydrogen-bond acceptors (Lipinski definition) is 2. The summed E-state index contributed by atoms with van der Waals surface area (Å²) in [6.07, 6.45) is 0.246. The van der Waals surface area contributed by atoms with Crippen molar-refractivity contribution in [3.8, 4) is 0 Å². The molecule has 2 aromatic rings. The molecule has 3 rings (SSSR count). The van der Waals surface area contributed by atoms with E-state index in [2.05, 4.69) is 58.1 Å². The Labute approximate surface area is 174 Å². The molecule has 4 nitrogen and oxygen atoms in total. The molecule has 0 aliphatic carbocycles. The number of para-hydroxylation sites is 1. The van der Waals surface area contributed by atoms with Gasteiger partial charge in [0.1, 0.15) is 0 Å². The summed E-state index contributed by atoms with van der Waals surface area (Å²) >= 11 is 0. The van der Waals surface area contributed by atoms with Crippen LogP contribution in [0.4, 0.5) is 11.4 Å². The molecule has 1 aliphatic rings. The molecule has 1 N–H and O–H groups in total. The van der Waals surface area contributed by atoms with Gasteiger partial charge in [-0.15, -0.1) is 0 Å². The second kappa shape index (κ2) is 8.02. The average molecular weight is 393 g/mol. The number of carbonyl (C=O) groups is 2. The van der Waals surface area contributed by atoms with Gasteiger partial charge in [0.2, 0.25) is 11.8 Å². The Balaban J connectivity index is 1.75. The predicted molar refractivity (Wildman–Crippen MR) is 119 cm³/mol. The van der Waals surface area contributed by atoms with Crippen LogP contribution in [-0.2, 0) is 15.0 Å². The monoisotopic (exact) mass is 392 g/mol. The van der Waals surface area contributed by atoms with Crippen LogP contribution in [0.5, 0.6) is 0 Å². The largest absolute Gasteiger partial charge is 0.325 e. The molecule has 1 heterocycles. The minimum Gasteiger partial charge on any atom is -0.325 e. The summed E-state index contributed by atoms with van der Waals surface area (Å²) in [4.78, 5) is 27.3. The van der Waals surface area contributed by atoms with Gasteiger partial charge in [0.05, 0.1) is 5.92 Å². The van der Waals surface area contributed by atoms with Gasteiger partial charge in [-0.3, -0.25) is 9.59 Å². The number of nitrogens with one attached hydrogen (secondary N) is 1. The zero-order valence-electron chi connectivity index (χ0n) is 18.4. The molecular weight excluding hydrogens is 360 g/mol. The van der Waals surface area contributed by atoms with E-state index in [1.54, 1.807) is 4.90 Å². The summed E-state index contributed by atoms with van der Waals surface area (Å²) in [5, 5.41) is 3.11. The number of anilines is 2. The van der Waals surface area contributed by atoms with E-state index < -0.39 is 0 Å². The SMILES string of the molecule is Cc1cccc(C(C)C)c1NC(=O)C1CC(=O)N(c2ccc(C(C)(C)C)cc2)C1. The van der Waals surface area contributed by atoms with Crippen molar-refractivity contribution < 1.29 is 9.59 Å². The number of hydrogen-bond donors (Lipinski definition) is 1. The van der Waals surface area contributed by atoms with E-state index in [1.165, 1.54) is 5.56 Å². The van der Waals surface area contributed by atoms with Crippen molar-refractivity contribution in [1.82, 2.24) is 0 Å². The molecule has 0 spiro atoms. The summed E-state index contributed by atoms with van der Waals surface area (Å²) in [6, 6.07) is 14.2. The first-order chi connectivity index (χ1) is 13.6. The van der Waals surface area contributed by atoms with Crippen LogP contribution in [0.15, 0.2) is 42.5 Å². The van der Waals surface area contributed by atoms with E-state index in [-0.39, 0.29) is 29.6 Å². The van der Waals surface area contributed by atoms with Crippen molar-refractivity contribution >= 4 is 23.2 Å². The van der Waals surface area contributed by atoms with Crippen LogP contribution < -0.4 is 10.2 Å². The molecule has 2 amide bonds. The highest BCUT2D eigenvalue weighted by atomic mass is 16.2. The summed E-state index contributed by atoms with van der Waals surface area (Å²) in [7, 11) is 0. The van der Waals surface area contributed by atoms with Crippen molar-refractivity contribution in [1.29, 1.82) is 0 Å². The molecule has 0 aromatic heterocycles. The van der Waals surface area contributed by atoms with Gasteiger partial charge >= 0.3 is 0 Å². The standard InChI is InChI=1S/C25H32N2O2/c1-16(2)21-9-7-8-17(3)23(21)26-24(29)18-14-22(28)27(15-18)20-12-10-19(11-13-20)25(4,5)6/h7-13,16,18H,14-15H2,1-6H3,(H,26,29). The zero-order valence-corrected chi connectivity index (χ0v) is 18.4. The maximum atomic E-state index is 13.0. The van der Waals surface area contributed by atoms with Crippen molar-refractivity contribution in [2.75, 3.05) is 16.8 Å². The molecule has 0 bridgehead atoms. The lowest BCUT2D eigenvalue weighted by atomic mass is 9.87. The Hall–Kier alpha value is -2.62. The Morgan fingerprint density at radius 1 is 1.10 bits per heavy atom. The maximum Gasteiger partial charge on any atom is 0.229 e. The Morgan fingerprint density at radius 2 is 1.76 bits per heavy atom. The number of amides is 2. The normalized spacial score (nSPS) is 17.1. The third-order valence-corrected chi connectivity index (χ3v) is 5.72. The lowest BCUT2D eigenvalue weighted by Gasteiger charge is -2.22. The van der Waals surface area contributed by atoms with E-state index in [4.69, 9.17) is 0 Å². The first-order valence-electron chi connectivity index (χ1n) is 10.4. The van der Waals surface area contributed by atoms with E-state index in [0.717, 1.165) is 22.5 Å². The van der Waals surface area contributed by atoms with Gasteiger partial charge in [-0.05, 0) is 47.1 Å². The fourth-order valence-electron chi connectivity index (χ4n) is 3.84. The second-order valence-corrected chi connectivity index (χ2v) is 9.39. The number of benzene rings is 2. The maximum absolute atomic E-state index is 13.0. The molecule has 2 aromatic carbocycles. The third kappa shape index (κ3) is 4.52. The Bertz CT molecular complexity index is 907. The zero-order chi connectivity index (χ0) is 21.3. The van der Waals surface area contributed by atoms with Gasteiger partial charge in [-0.1, -0.05) is 65.0 Å². The summed E-state index contributed by atoms with van der Waals surface area (Å²) in [5.74, 6) is -0.108. The van der Waals surface area contributed by atoms with Crippen LogP contribution in [-0.4, -0.2) is 18.4 Å². The average Bonchev–Trinajstić information content (AvgIpc) is 3.04. The van der Waals surface area contributed by atoms with Crippen LogP contribution in [0.2, 0.25) is 0 Å². The molecule has 0 saturated carbocycles. The minimum absolute atomic E-state index is 0.00234. The summed E-state index contributed by atoms with van der Waals surface area (Å²) < 4.78 is 0. The van der Waals surface area contributed by atoms with Crippen molar-refractivity contribution in [2.45, 2.75) is 59.3 Å². The van der Waals surface area contributed by atoms with E-state index in [1.807, 2.05) is 31.2 Å². The summed E-state index contributed by atoms with van der Waals surface area (Å²) in [6.45, 7) is 13.2. The second-order valence-electron chi connectivity index (χ2n) is 9.39. The van der Waals surface area contributed by atoms with Crippen molar-refractivity contribution in [3.63, 3.8) is 0 Å². The highest BCUT2D eigenvalue weighted by molar-refractivity contribution is 6.04. The molecule has 29 heavy (non-hydrogen) atoms. The fraction of sp³-hybridized carbons (Fsp3) is 0.440. The van der Waals surface area contributed by atoms with Gasteiger partial charge in [-0.25, -0.2) is 0 Å². The Morgan fingerprint density at radius 3 is 2.34 bits per heavy atom. The number of rotatable bonds is 4. The predicted octanol–water partition coefficient (Wildman–Crippen LogP) is 5.41. The number of carbonyl (C=O) groups excluding carboxylic acids is 2. The van der Waals surface area contributed by atoms with Gasteiger partial charge in [0.15, 0.2) is 0 Å². The molecule has 4 heteroatoms. The first kappa shape index (κ1) is 21.1. The topological polar surface area (TPSA) is 49.4 Å². The van der Waals surface area contributed by atoms with Gasteiger partial charge in [-0.2, -0.15) is 0 Å². The number of nitrogens with zero attached hydrogens (tertiary/aromatic N) is 1. The Kier molecular flexibility index (Phi) is 5.83. The minimum atomic E-state index is -0.343. The fourth-order valence-corrected chi connectivity index (χ4v) is 3.84. The molecule has 1 unspecified atom stereocenters. The van der Waals surface area contributed by atoms with Gasteiger partial charge < -0.3 is 10.2 Å². The first-order valence-corrected chi connectivity index (χ1v) is 10.4. The molecule has 1 fully saturated rings. The van der Waals surface area contributed by atoms with Crippen molar-refractivity contribution in [2.24, 2.45) is 5.92 Å². The van der Waals surface area contributed by atoms with Crippen LogP contribution in [0, 0.1) is 12.8 Å². The van der Waals surface area contributed by atoms with E-state index >= 15 is 0 Å². The van der Waals surface area contributed by atoms with Crippen molar-refractivity contribution in [3.05, 3.63) is 59.2 Å². The molecule has 1 atom stereocenters. The lowest BCUT2D eigenvalue weighted by Crippen LogP contribution is -2.28. The van der Waals surface area contributed by atoms with Crippen LogP contribution in [0.1, 0.15) is 63.6 Å². The third-order valence-electron chi connectivity index (χ3n) is 5.72. The highest BCUT2D eigenvalue weighted by Crippen LogP contribution is 2.31. The molecule has 1 aliphatic heterocycles.